The van der Waals surface area contributed by atoms with Crippen LogP contribution < -0.4 is 0 Å². The second-order valence-electron chi connectivity index (χ2n) is 4.31. The minimum Gasteiger partial charge on any atom is -0.525 e. The Hall–Kier alpha value is 0.477. The summed E-state index contributed by atoms with van der Waals surface area (Å²) in [5.41, 5.74) is 0. The Bertz CT molecular complexity index is 299. The molecule has 8 heteroatoms. The first-order valence-corrected chi connectivity index (χ1v) is 11.9. The molecular weight excluding hydrogens is 293 g/mol. The molecule has 0 aromatic carbocycles. The van der Waals surface area contributed by atoms with Crippen LogP contribution in [0.3, 0.4) is 0 Å². The van der Waals surface area contributed by atoms with E-state index in [0.717, 1.165) is 0 Å². The first kappa shape index (κ1) is 17.5. The van der Waals surface area contributed by atoms with Gasteiger partial charge in [0.25, 0.3) is 11.8 Å². The summed E-state index contributed by atoms with van der Waals surface area (Å²) in [6.45, 7) is 8.44. The summed E-state index contributed by atoms with van der Waals surface area (Å²) in [5.74, 6) is 0. The van der Waals surface area contributed by atoms with E-state index in [4.69, 9.17) is 37.5 Å². The summed E-state index contributed by atoms with van der Waals surface area (Å²) in [7, 11) is 0.0421. The molecule has 0 radical (unpaired) electrons. The van der Waals surface area contributed by atoms with E-state index < -0.39 is 15.0 Å². The number of nitrogens with zero attached hydrogens (tertiary/aromatic N) is 1. The lowest BCUT2D eigenvalue weighted by molar-refractivity contribution is 0.239. The number of hydrogen-bond donors (Lipinski definition) is 0. The van der Waals surface area contributed by atoms with Gasteiger partial charge in [-0.05, 0) is 57.5 Å². The fourth-order valence-electron chi connectivity index (χ4n) is 0.965. The topological polar surface area (TPSA) is 30.9 Å². The maximum absolute atomic E-state index is 5.74. The molecule has 0 aromatic rings. The van der Waals surface area contributed by atoms with Gasteiger partial charge < -0.3 is 13.5 Å². The predicted molar refractivity (Wildman–Crippen MR) is 82.3 cm³/mol. The van der Waals surface area contributed by atoms with Crippen LogP contribution in [0.1, 0.15) is 13.8 Å². The average Bonchev–Trinajstić information content (AvgIpc) is 2.14. The van der Waals surface area contributed by atoms with Gasteiger partial charge in [0.2, 0.25) is 8.32 Å². The molecule has 0 spiro atoms. The van der Waals surface area contributed by atoms with E-state index in [2.05, 4.69) is 19.6 Å². The number of hydrogen-bond acceptors (Lipinski definition) is 5. The van der Waals surface area contributed by atoms with E-state index in [9.17, 15) is 0 Å². The van der Waals surface area contributed by atoms with Gasteiger partial charge in [-0.2, -0.15) is 0 Å². The van der Waals surface area contributed by atoms with Crippen molar-refractivity contribution in [3.63, 3.8) is 0 Å². The first-order valence-electron chi connectivity index (χ1n) is 5.52. The molecule has 0 rings (SSSR count). The molecule has 0 aliphatic rings. The molecule has 102 valence electrons. The summed E-state index contributed by atoms with van der Waals surface area (Å²) >= 11 is 10.7. The van der Waals surface area contributed by atoms with Crippen molar-refractivity contribution in [3.05, 3.63) is 0 Å². The highest BCUT2D eigenvalue weighted by atomic mass is 32.5. The van der Waals surface area contributed by atoms with Crippen molar-refractivity contribution < 1.29 is 13.5 Å². The maximum atomic E-state index is 5.74. The molecule has 0 heterocycles. The predicted octanol–water partition coefficient (Wildman–Crippen LogP) is 3.35. The third kappa shape index (κ3) is 6.27. The lowest BCUT2D eigenvalue weighted by Gasteiger charge is -2.33. The fourth-order valence-corrected chi connectivity index (χ4v) is 5.10. The van der Waals surface area contributed by atoms with Gasteiger partial charge in [-0.1, -0.05) is 0 Å². The molecular formula is C9H22NO3PS2Si. The van der Waals surface area contributed by atoms with E-state index in [1.165, 1.54) is 0 Å². The second-order valence-corrected chi connectivity index (χ2v) is 12.5. The SMILES string of the molecule is CCOP(=S)(OCC)N(C)C(=S)O[Si](C)(C)C. The van der Waals surface area contributed by atoms with Gasteiger partial charge >= 0.3 is 0 Å². The Balaban J connectivity index is 4.78. The van der Waals surface area contributed by atoms with Crippen molar-refractivity contribution in [3.8, 4) is 0 Å². The van der Waals surface area contributed by atoms with Crippen LogP contribution in [0.2, 0.25) is 19.6 Å². The largest absolute Gasteiger partial charge is 0.525 e. The van der Waals surface area contributed by atoms with E-state index in [0.29, 0.717) is 18.4 Å². The summed E-state index contributed by atoms with van der Waals surface area (Å²) < 4.78 is 18.5. The number of rotatable bonds is 6. The van der Waals surface area contributed by atoms with Crippen LogP contribution in [-0.4, -0.2) is 38.4 Å². The van der Waals surface area contributed by atoms with Gasteiger partial charge in [0.1, 0.15) is 0 Å². The molecule has 0 fully saturated rings. The summed E-state index contributed by atoms with van der Waals surface area (Å²) in [5, 5.41) is 0.370. The first-order chi connectivity index (χ1) is 7.66. The maximum Gasteiger partial charge on any atom is 0.292 e. The molecule has 0 aliphatic carbocycles. The van der Waals surface area contributed by atoms with E-state index in [1.807, 2.05) is 13.8 Å². The van der Waals surface area contributed by atoms with Gasteiger partial charge in [0.05, 0.1) is 13.2 Å². The van der Waals surface area contributed by atoms with E-state index in [-0.39, 0.29) is 0 Å². The van der Waals surface area contributed by atoms with Crippen molar-refractivity contribution in [2.45, 2.75) is 33.5 Å². The summed E-state index contributed by atoms with van der Waals surface area (Å²) in [6.07, 6.45) is 0. The monoisotopic (exact) mass is 315 g/mol. The van der Waals surface area contributed by atoms with Crippen molar-refractivity contribution in [1.29, 1.82) is 0 Å². The molecule has 0 amide bonds. The van der Waals surface area contributed by atoms with Crippen LogP contribution in [0.15, 0.2) is 0 Å². The fraction of sp³-hybridized carbons (Fsp3) is 0.889. The van der Waals surface area contributed by atoms with E-state index in [1.54, 1.807) is 11.7 Å². The van der Waals surface area contributed by atoms with Crippen molar-refractivity contribution in [2.24, 2.45) is 0 Å². The van der Waals surface area contributed by atoms with Gasteiger partial charge in [0.15, 0.2) is 0 Å². The van der Waals surface area contributed by atoms with Crippen LogP contribution in [0.25, 0.3) is 0 Å². The number of thiocarbonyl (C=S) groups is 1. The standard InChI is InChI=1S/C9H22NO3PS2Si/c1-7-11-14(16,12-8-2)10(3)9(15)13-17(4,5)6/h7-8H2,1-6H3. The lowest BCUT2D eigenvalue weighted by Crippen LogP contribution is -2.36. The third-order valence-corrected chi connectivity index (χ3v) is 6.51. The minimum atomic E-state index is -2.53. The van der Waals surface area contributed by atoms with E-state index >= 15 is 0 Å². The lowest BCUT2D eigenvalue weighted by atomic mass is 10.9. The molecule has 0 unspecified atom stereocenters. The van der Waals surface area contributed by atoms with Gasteiger partial charge in [-0.3, -0.25) is 4.67 Å². The molecule has 17 heavy (non-hydrogen) atoms. The smallest absolute Gasteiger partial charge is 0.292 e. The summed E-state index contributed by atoms with van der Waals surface area (Å²) in [6, 6.07) is 0. The molecule has 4 nitrogen and oxygen atoms in total. The Kier molecular flexibility index (Phi) is 7.36. The molecule has 0 aromatic heterocycles. The van der Waals surface area contributed by atoms with Crippen LogP contribution in [0.4, 0.5) is 0 Å². The van der Waals surface area contributed by atoms with Crippen LogP contribution >= 0.6 is 18.9 Å². The zero-order chi connectivity index (χ0) is 13.7. The third-order valence-electron chi connectivity index (χ3n) is 1.61. The van der Waals surface area contributed by atoms with Crippen molar-refractivity contribution in [1.82, 2.24) is 4.67 Å². The highest BCUT2D eigenvalue weighted by Crippen LogP contribution is 2.51. The zero-order valence-corrected chi connectivity index (χ0v) is 14.9. The average molecular weight is 315 g/mol. The van der Waals surface area contributed by atoms with Gasteiger partial charge in [0, 0.05) is 7.05 Å². The molecule has 0 saturated carbocycles. The van der Waals surface area contributed by atoms with Crippen LogP contribution in [0, 0.1) is 0 Å². The Morgan fingerprint density at radius 2 is 1.59 bits per heavy atom. The molecule has 0 atom stereocenters. The van der Waals surface area contributed by atoms with Crippen LogP contribution in [0.5, 0.6) is 0 Å². The minimum absolute atomic E-state index is 0.370. The quantitative estimate of drug-likeness (QED) is 0.424. The second kappa shape index (κ2) is 7.16. The Labute approximate surface area is 116 Å². The van der Waals surface area contributed by atoms with Crippen molar-refractivity contribution >= 4 is 44.2 Å². The van der Waals surface area contributed by atoms with Crippen molar-refractivity contribution in [2.75, 3.05) is 20.3 Å². The van der Waals surface area contributed by atoms with Gasteiger partial charge in [-0.15, -0.1) is 0 Å². The Morgan fingerprint density at radius 3 is 1.88 bits per heavy atom. The summed E-state index contributed by atoms with van der Waals surface area (Å²) in [4.78, 5) is 0. The molecule has 0 aliphatic heterocycles. The Morgan fingerprint density at radius 1 is 1.18 bits per heavy atom. The van der Waals surface area contributed by atoms with Gasteiger partial charge in [-0.25, -0.2) is 0 Å². The highest BCUT2D eigenvalue weighted by Gasteiger charge is 2.30. The normalized spacial score (nSPS) is 12.4. The molecule has 0 N–H and O–H groups in total. The molecule has 0 bridgehead atoms. The zero-order valence-electron chi connectivity index (χ0n) is 11.3. The molecule has 0 saturated heterocycles. The van der Waals surface area contributed by atoms with Crippen LogP contribution in [-0.2, 0) is 25.3 Å². The highest BCUT2D eigenvalue weighted by molar-refractivity contribution is 8.09.